The maximum atomic E-state index is 5.53. The molecule has 0 saturated carbocycles. The zero-order chi connectivity index (χ0) is 14.3. The van der Waals surface area contributed by atoms with Crippen LogP contribution in [0.4, 0.5) is 0 Å². The van der Waals surface area contributed by atoms with E-state index in [9.17, 15) is 0 Å². The molecule has 1 rings (SSSR count). The Bertz CT molecular complexity index is 272. The maximum Gasteiger partial charge on any atom is 0.0474 e. The standard InChI is InChI=1S/C10H23N.C7H7Cl/c1-4-5-6-7-8-9-10-11(2)3;8-6-7-4-2-1-3-5-7/h4-10H2,1-3H3;1-5H,6H2. The van der Waals surface area contributed by atoms with Gasteiger partial charge in [0.15, 0.2) is 0 Å². The van der Waals surface area contributed by atoms with Crippen LogP contribution in [0.3, 0.4) is 0 Å². The van der Waals surface area contributed by atoms with Crippen molar-refractivity contribution in [1.29, 1.82) is 0 Å². The van der Waals surface area contributed by atoms with Crippen molar-refractivity contribution in [3.63, 3.8) is 0 Å². The molecule has 0 heterocycles. The summed E-state index contributed by atoms with van der Waals surface area (Å²) in [5.41, 5.74) is 1.18. The summed E-state index contributed by atoms with van der Waals surface area (Å²) in [4.78, 5) is 2.26. The fourth-order valence-corrected chi connectivity index (χ4v) is 1.95. The third kappa shape index (κ3) is 13.7. The summed E-state index contributed by atoms with van der Waals surface area (Å²) < 4.78 is 0. The third-order valence-corrected chi connectivity index (χ3v) is 3.26. The number of unbranched alkanes of at least 4 members (excludes halogenated alkanes) is 5. The molecule has 0 aromatic heterocycles. The van der Waals surface area contributed by atoms with Crippen molar-refractivity contribution < 1.29 is 0 Å². The average molecular weight is 284 g/mol. The molecule has 0 aliphatic rings. The molecule has 0 aliphatic heterocycles. The molecule has 1 nitrogen and oxygen atoms in total. The second-order valence-corrected chi connectivity index (χ2v) is 5.46. The predicted molar refractivity (Wildman–Crippen MR) is 87.9 cm³/mol. The van der Waals surface area contributed by atoms with Gasteiger partial charge in [-0.1, -0.05) is 69.4 Å². The molecule has 110 valence electrons. The molecule has 2 heteroatoms. The van der Waals surface area contributed by atoms with Crippen molar-refractivity contribution in [3.05, 3.63) is 35.9 Å². The SMILES string of the molecule is CCCCCCCCN(C)C.ClCc1ccccc1. The van der Waals surface area contributed by atoms with Gasteiger partial charge >= 0.3 is 0 Å². The van der Waals surface area contributed by atoms with Gasteiger partial charge in [0, 0.05) is 5.88 Å². The number of nitrogens with zero attached hydrogens (tertiary/aromatic N) is 1. The van der Waals surface area contributed by atoms with E-state index in [-0.39, 0.29) is 0 Å². The lowest BCUT2D eigenvalue weighted by Gasteiger charge is -2.08. The Balaban J connectivity index is 0.000000356. The molecule has 0 bridgehead atoms. The average Bonchev–Trinajstić information content (AvgIpc) is 2.44. The number of benzene rings is 1. The minimum atomic E-state index is 0.612. The van der Waals surface area contributed by atoms with Crippen molar-refractivity contribution in [2.75, 3.05) is 20.6 Å². The topological polar surface area (TPSA) is 3.24 Å². The lowest BCUT2D eigenvalue weighted by Crippen LogP contribution is -2.12. The minimum absolute atomic E-state index is 0.612. The molecular weight excluding hydrogens is 254 g/mol. The first kappa shape index (κ1) is 18.5. The van der Waals surface area contributed by atoms with Crippen LogP contribution in [-0.2, 0) is 5.88 Å². The van der Waals surface area contributed by atoms with Gasteiger partial charge in [0.1, 0.15) is 0 Å². The van der Waals surface area contributed by atoms with E-state index in [0.29, 0.717) is 5.88 Å². The Morgan fingerprint density at radius 1 is 0.895 bits per heavy atom. The van der Waals surface area contributed by atoms with Gasteiger partial charge in [-0.2, -0.15) is 0 Å². The summed E-state index contributed by atoms with van der Waals surface area (Å²) >= 11 is 5.53. The zero-order valence-corrected chi connectivity index (χ0v) is 13.6. The quantitative estimate of drug-likeness (QED) is 0.460. The highest BCUT2D eigenvalue weighted by molar-refractivity contribution is 6.17. The van der Waals surface area contributed by atoms with E-state index in [1.165, 1.54) is 50.6 Å². The Kier molecular flexibility index (Phi) is 13.5. The van der Waals surface area contributed by atoms with Crippen LogP contribution in [0.15, 0.2) is 30.3 Å². The smallest absolute Gasteiger partial charge is 0.0474 e. The number of hydrogen-bond donors (Lipinski definition) is 0. The molecule has 0 atom stereocenters. The lowest BCUT2D eigenvalue weighted by molar-refractivity contribution is 0.389. The molecule has 0 spiro atoms. The number of rotatable bonds is 8. The van der Waals surface area contributed by atoms with Gasteiger partial charge in [-0.05, 0) is 32.6 Å². The van der Waals surface area contributed by atoms with Crippen molar-refractivity contribution in [2.24, 2.45) is 0 Å². The second kappa shape index (κ2) is 13.9. The molecular formula is C17H30ClN. The van der Waals surface area contributed by atoms with E-state index in [0.717, 1.165) is 0 Å². The van der Waals surface area contributed by atoms with Gasteiger partial charge in [-0.15, -0.1) is 11.6 Å². The van der Waals surface area contributed by atoms with Crippen molar-refractivity contribution in [2.45, 2.75) is 51.3 Å². The maximum absolute atomic E-state index is 5.53. The van der Waals surface area contributed by atoms with Crippen LogP contribution >= 0.6 is 11.6 Å². The highest BCUT2D eigenvalue weighted by Gasteiger charge is 1.90. The van der Waals surface area contributed by atoms with Gasteiger partial charge in [-0.25, -0.2) is 0 Å². The monoisotopic (exact) mass is 283 g/mol. The van der Waals surface area contributed by atoms with Crippen LogP contribution < -0.4 is 0 Å². The summed E-state index contributed by atoms with van der Waals surface area (Å²) in [5.74, 6) is 0.612. The fourth-order valence-electron chi connectivity index (χ4n) is 1.78. The van der Waals surface area contributed by atoms with E-state index in [4.69, 9.17) is 11.6 Å². The molecule has 0 amide bonds. The van der Waals surface area contributed by atoms with Crippen LogP contribution in [0.1, 0.15) is 51.0 Å². The number of halogens is 1. The van der Waals surface area contributed by atoms with Crippen LogP contribution in [0.2, 0.25) is 0 Å². The largest absolute Gasteiger partial charge is 0.309 e. The molecule has 0 unspecified atom stereocenters. The van der Waals surface area contributed by atoms with E-state index >= 15 is 0 Å². The van der Waals surface area contributed by atoms with Crippen molar-refractivity contribution >= 4 is 11.6 Å². The highest BCUT2D eigenvalue weighted by atomic mass is 35.5. The Hall–Kier alpha value is -0.530. The zero-order valence-electron chi connectivity index (χ0n) is 12.9. The van der Waals surface area contributed by atoms with Gasteiger partial charge in [0.2, 0.25) is 0 Å². The van der Waals surface area contributed by atoms with Crippen LogP contribution in [0.25, 0.3) is 0 Å². The Morgan fingerprint density at radius 3 is 1.95 bits per heavy atom. The van der Waals surface area contributed by atoms with Gasteiger partial charge in [0.05, 0.1) is 0 Å². The number of alkyl halides is 1. The molecule has 0 N–H and O–H groups in total. The summed E-state index contributed by atoms with van der Waals surface area (Å²) in [5, 5.41) is 0. The Morgan fingerprint density at radius 2 is 1.47 bits per heavy atom. The van der Waals surface area contributed by atoms with Crippen molar-refractivity contribution in [1.82, 2.24) is 4.90 Å². The van der Waals surface area contributed by atoms with Crippen molar-refractivity contribution in [3.8, 4) is 0 Å². The highest BCUT2D eigenvalue weighted by Crippen LogP contribution is 2.04. The summed E-state index contributed by atoms with van der Waals surface area (Å²) in [6.07, 6.45) is 8.43. The first-order valence-corrected chi connectivity index (χ1v) is 7.98. The van der Waals surface area contributed by atoms with E-state index in [1.54, 1.807) is 0 Å². The predicted octanol–water partition coefficient (Wildman–Crippen LogP) is 5.33. The first-order valence-electron chi connectivity index (χ1n) is 7.45. The lowest BCUT2D eigenvalue weighted by atomic mass is 10.1. The molecule has 0 aliphatic carbocycles. The van der Waals surface area contributed by atoms with Crippen LogP contribution in [-0.4, -0.2) is 25.5 Å². The Labute approximate surface area is 125 Å². The molecule has 0 radical (unpaired) electrons. The van der Waals surface area contributed by atoms with E-state index < -0.39 is 0 Å². The van der Waals surface area contributed by atoms with E-state index in [2.05, 4.69) is 25.9 Å². The number of hydrogen-bond acceptors (Lipinski definition) is 1. The summed E-state index contributed by atoms with van der Waals surface area (Å²) in [6, 6.07) is 9.96. The minimum Gasteiger partial charge on any atom is -0.309 e. The molecule has 1 aromatic carbocycles. The van der Waals surface area contributed by atoms with Crippen LogP contribution in [0, 0.1) is 0 Å². The fraction of sp³-hybridized carbons (Fsp3) is 0.647. The second-order valence-electron chi connectivity index (χ2n) is 5.19. The summed E-state index contributed by atoms with van der Waals surface area (Å²) in [7, 11) is 4.29. The normalized spacial score (nSPS) is 10.2. The molecule has 1 aromatic rings. The first-order chi connectivity index (χ1) is 9.20. The van der Waals surface area contributed by atoms with E-state index in [1.807, 2.05) is 30.3 Å². The van der Waals surface area contributed by atoms with Crippen LogP contribution in [0.5, 0.6) is 0 Å². The third-order valence-electron chi connectivity index (χ3n) is 2.96. The van der Waals surface area contributed by atoms with Gasteiger partial charge in [-0.3, -0.25) is 0 Å². The molecule has 0 fully saturated rings. The molecule has 19 heavy (non-hydrogen) atoms. The molecule has 0 saturated heterocycles. The van der Waals surface area contributed by atoms with Gasteiger partial charge < -0.3 is 4.90 Å². The summed E-state index contributed by atoms with van der Waals surface area (Å²) in [6.45, 7) is 3.52. The van der Waals surface area contributed by atoms with Gasteiger partial charge in [0.25, 0.3) is 0 Å².